The molecule has 0 bridgehead atoms. The summed E-state index contributed by atoms with van der Waals surface area (Å²) >= 11 is 0. The maximum atomic E-state index is 11.6. The average Bonchev–Trinajstić information content (AvgIpc) is 3.44. The summed E-state index contributed by atoms with van der Waals surface area (Å²) in [5.74, 6) is -0.494. The molecule has 0 spiro atoms. The first-order chi connectivity index (χ1) is 39.0. The number of hydrogen-bond donors (Lipinski definition) is 3. The maximum absolute atomic E-state index is 11.6. The van der Waals surface area contributed by atoms with Crippen LogP contribution in [0.15, 0.2) is 0 Å². The molecule has 5 N–H and O–H groups in total. The molecule has 0 rings (SSSR count). The second-order valence-electron chi connectivity index (χ2n) is 23.4. The van der Waals surface area contributed by atoms with Crippen molar-refractivity contribution in [2.24, 2.45) is 11.5 Å². The molecular formula is C68H143ClN4O9. The summed E-state index contributed by atoms with van der Waals surface area (Å²) in [6.45, 7) is 18.4. The number of halogens is 1. The van der Waals surface area contributed by atoms with E-state index in [-0.39, 0.29) is 42.4 Å². The van der Waals surface area contributed by atoms with Gasteiger partial charge in [-0.2, -0.15) is 0 Å². The number of nitrogens with zero attached hydrogens (tertiary/aromatic N) is 2. The quantitative estimate of drug-likeness (QED) is 0.0172. The number of aliphatic hydroxyl groups excluding tert-OH is 1. The van der Waals surface area contributed by atoms with E-state index in [4.69, 9.17) is 30.8 Å². The zero-order chi connectivity index (χ0) is 61.7. The van der Waals surface area contributed by atoms with E-state index in [2.05, 4.69) is 32.4 Å². The second kappa shape index (κ2) is 79.0. The topological polar surface area (TPSA) is 184 Å². The lowest BCUT2D eigenvalue weighted by molar-refractivity contribution is -0.149. The summed E-state index contributed by atoms with van der Waals surface area (Å²) in [6.07, 6.45) is 57.6. The molecule has 496 valence electrons. The highest BCUT2D eigenvalue weighted by Crippen LogP contribution is 2.15. The van der Waals surface area contributed by atoms with E-state index in [0.717, 1.165) is 32.1 Å². The van der Waals surface area contributed by atoms with Crippen molar-refractivity contribution in [2.75, 3.05) is 54.6 Å². The van der Waals surface area contributed by atoms with Crippen LogP contribution in [0.1, 0.15) is 338 Å². The molecule has 0 fully saturated rings. The van der Waals surface area contributed by atoms with Crippen LogP contribution < -0.4 is 11.5 Å². The number of rotatable bonds is 54. The van der Waals surface area contributed by atoms with Crippen molar-refractivity contribution < 1.29 is 43.2 Å². The summed E-state index contributed by atoms with van der Waals surface area (Å²) < 4.78 is 19.7. The van der Waals surface area contributed by atoms with Gasteiger partial charge < -0.3 is 29.8 Å². The highest BCUT2D eigenvalue weighted by atomic mass is 35.5. The third-order valence-corrected chi connectivity index (χ3v) is 14.6. The van der Waals surface area contributed by atoms with Gasteiger partial charge >= 0.3 is 17.9 Å². The number of ether oxygens (including phenoxy) is 4. The molecule has 0 saturated heterocycles. The van der Waals surface area contributed by atoms with Gasteiger partial charge in [0.15, 0.2) is 0 Å². The molecule has 0 aromatic carbocycles. The first-order valence-corrected chi connectivity index (χ1v) is 34.1. The Balaban J connectivity index is -0.000000228. The number of hydrogen-bond acceptors (Lipinski definition) is 13. The van der Waals surface area contributed by atoms with Crippen molar-refractivity contribution in [2.45, 2.75) is 362 Å². The minimum Gasteiger partial charge on any atom is -0.465 e. The molecule has 0 aliphatic rings. The Labute approximate surface area is 515 Å². The predicted molar refractivity (Wildman–Crippen MR) is 354 cm³/mol. The summed E-state index contributed by atoms with van der Waals surface area (Å²) in [5.41, 5.74) is 10.4. The van der Waals surface area contributed by atoms with Crippen molar-refractivity contribution in [3.05, 3.63) is 0 Å². The normalized spacial score (nSPS) is 12.1. The molecule has 0 radical (unpaired) electrons. The highest BCUT2D eigenvalue weighted by Gasteiger charge is 2.17. The van der Waals surface area contributed by atoms with Crippen molar-refractivity contribution in [3.8, 4) is 0 Å². The average molecular weight is 1200 g/mol. The Morgan fingerprint density at radius 3 is 0.720 bits per heavy atom. The van der Waals surface area contributed by atoms with Crippen LogP contribution in [0.3, 0.4) is 0 Å². The smallest absolute Gasteiger partial charge is 0.323 e. The summed E-state index contributed by atoms with van der Waals surface area (Å²) in [4.78, 5) is 47.4. The van der Waals surface area contributed by atoms with Crippen LogP contribution in [-0.2, 0) is 38.1 Å². The number of likely N-dealkylation sites (N-methyl/N-ethyl adjacent to an activating group) is 2. The lowest BCUT2D eigenvalue weighted by Gasteiger charge is -2.17. The Hall–Kier alpha value is -2.03. The number of unbranched alkanes of at least 4 members (excludes halogenated alkanes) is 40. The third kappa shape index (κ3) is 84.4. The SMILES string of the molecule is CC(N)OC=O.CCCCCCCCCCCCCO.CCCCCCCCCCCCCOC(=O)C(C)N.CCCCCCCCCCCCCOC(=O)C(C)N(C)C.CCCCCCCCCCCCCOC(=O)C(C)N(C)C.Cl. The molecular weight excluding hydrogens is 1050 g/mol. The second-order valence-corrected chi connectivity index (χ2v) is 23.4. The number of esters is 3. The van der Waals surface area contributed by atoms with Gasteiger partial charge in [-0.15, -0.1) is 12.4 Å². The van der Waals surface area contributed by atoms with Crippen LogP contribution in [-0.4, -0.2) is 118 Å². The van der Waals surface area contributed by atoms with E-state index >= 15 is 0 Å². The Kier molecular flexibility index (Phi) is 87.8. The number of carbonyl (C=O) groups excluding carboxylic acids is 4. The van der Waals surface area contributed by atoms with Crippen LogP contribution in [0.4, 0.5) is 0 Å². The number of aliphatic hydroxyl groups is 1. The van der Waals surface area contributed by atoms with Crippen LogP contribution in [0.25, 0.3) is 0 Å². The van der Waals surface area contributed by atoms with E-state index in [1.807, 2.05) is 51.8 Å². The first-order valence-electron chi connectivity index (χ1n) is 34.1. The minimum absolute atomic E-state index is 0. The van der Waals surface area contributed by atoms with E-state index in [9.17, 15) is 19.2 Å². The molecule has 14 heteroatoms. The van der Waals surface area contributed by atoms with Crippen molar-refractivity contribution in [3.63, 3.8) is 0 Å². The molecule has 0 aliphatic heterocycles. The molecule has 0 saturated carbocycles. The van der Waals surface area contributed by atoms with Crippen molar-refractivity contribution in [1.82, 2.24) is 9.80 Å². The molecule has 0 aliphatic carbocycles. The monoisotopic (exact) mass is 1200 g/mol. The highest BCUT2D eigenvalue weighted by molar-refractivity contribution is 5.85. The van der Waals surface area contributed by atoms with Gasteiger partial charge in [-0.1, -0.05) is 285 Å². The van der Waals surface area contributed by atoms with Gasteiger partial charge in [0.05, 0.1) is 19.8 Å². The third-order valence-electron chi connectivity index (χ3n) is 14.6. The largest absolute Gasteiger partial charge is 0.465 e. The molecule has 4 unspecified atom stereocenters. The first kappa shape index (κ1) is 91.1. The van der Waals surface area contributed by atoms with Gasteiger partial charge in [-0.3, -0.25) is 34.7 Å². The fraction of sp³-hybridized carbons (Fsp3) is 0.941. The standard InChI is InChI=1S/2C18H37NO2.C16H33NO2.C13H28O.C3H7NO2.ClH/c2*1-5-6-7-8-9-10-11-12-13-14-15-16-21-18(20)17(2)19(3)4;1-3-4-5-6-7-8-9-10-11-12-13-14-19-16(18)15(2)17;1-2-3-4-5-6-7-8-9-10-11-12-13-14;1-3(4)6-2-5;/h2*17H,5-16H2,1-4H3;15H,3-14,17H2,1-2H3;14H,2-13H2,1H3;2-3H,4H2,1H3;1H. The van der Waals surface area contributed by atoms with Gasteiger partial charge in [-0.05, 0) is 81.6 Å². The van der Waals surface area contributed by atoms with Gasteiger partial charge in [0.1, 0.15) is 24.4 Å². The van der Waals surface area contributed by atoms with E-state index in [1.54, 1.807) is 13.8 Å². The Morgan fingerprint density at radius 1 is 0.366 bits per heavy atom. The summed E-state index contributed by atoms with van der Waals surface area (Å²) in [7, 11) is 7.59. The maximum Gasteiger partial charge on any atom is 0.323 e. The van der Waals surface area contributed by atoms with Crippen LogP contribution in [0.2, 0.25) is 0 Å². The van der Waals surface area contributed by atoms with Crippen LogP contribution in [0.5, 0.6) is 0 Å². The van der Waals surface area contributed by atoms with E-state index in [0.29, 0.717) is 32.9 Å². The molecule has 0 amide bonds. The van der Waals surface area contributed by atoms with Gasteiger partial charge in [0, 0.05) is 6.61 Å². The molecule has 4 atom stereocenters. The summed E-state index contributed by atoms with van der Waals surface area (Å²) in [6, 6.07) is -0.775. The van der Waals surface area contributed by atoms with E-state index < -0.39 is 12.3 Å². The minimum atomic E-state index is -0.493. The van der Waals surface area contributed by atoms with Crippen molar-refractivity contribution in [1.29, 1.82) is 0 Å². The number of nitrogens with two attached hydrogens (primary N) is 2. The molecule has 0 aromatic rings. The van der Waals surface area contributed by atoms with Crippen LogP contribution >= 0.6 is 12.4 Å². The van der Waals surface area contributed by atoms with E-state index in [1.165, 1.54) is 250 Å². The Bertz CT molecular complexity index is 1170. The van der Waals surface area contributed by atoms with Crippen molar-refractivity contribution >= 4 is 36.8 Å². The number of carbonyl (C=O) groups is 4. The fourth-order valence-electron chi connectivity index (χ4n) is 8.48. The zero-order valence-corrected chi connectivity index (χ0v) is 57.3. The molecule has 0 aromatic heterocycles. The van der Waals surface area contributed by atoms with Gasteiger partial charge in [0.2, 0.25) is 0 Å². The van der Waals surface area contributed by atoms with Gasteiger partial charge in [0.25, 0.3) is 6.47 Å². The molecule has 13 nitrogen and oxygen atoms in total. The van der Waals surface area contributed by atoms with Crippen LogP contribution in [0, 0.1) is 0 Å². The molecule has 82 heavy (non-hydrogen) atoms. The summed E-state index contributed by atoms with van der Waals surface area (Å²) in [5, 5.41) is 8.59. The fourth-order valence-corrected chi connectivity index (χ4v) is 8.48. The molecule has 0 heterocycles. The predicted octanol–water partition coefficient (Wildman–Crippen LogP) is 17.9. The lowest BCUT2D eigenvalue weighted by atomic mass is 10.1. The van der Waals surface area contributed by atoms with Gasteiger partial charge in [-0.25, -0.2) is 0 Å². The Morgan fingerprint density at radius 2 is 0.561 bits per heavy atom. The lowest BCUT2D eigenvalue weighted by Crippen LogP contribution is -2.34. The zero-order valence-electron chi connectivity index (χ0n) is 56.5.